The smallest absolute Gasteiger partial charge is 0.0160 e. The number of hydrogen-bond donors (Lipinski definition) is 0. The largest absolute Gasteiger partial charge is 0.305 e. The van der Waals surface area contributed by atoms with E-state index in [1.165, 1.54) is 22.3 Å². The molecule has 0 fully saturated rings. The van der Waals surface area contributed by atoms with Crippen LogP contribution in [0.1, 0.15) is 50.7 Å². The Morgan fingerprint density at radius 1 is 0.800 bits per heavy atom. The van der Waals surface area contributed by atoms with Crippen LogP contribution in [0.2, 0.25) is 0 Å². The summed E-state index contributed by atoms with van der Waals surface area (Å²) in [5.41, 5.74) is 7.28. The number of hydrogen-bond acceptors (Lipinski definition) is 1. The molecule has 0 saturated heterocycles. The first-order valence-electron chi connectivity index (χ1n) is 8.63. The van der Waals surface area contributed by atoms with Gasteiger partial charge in [0.2, 0.25) is 0 Å². The molecule has 1 heterocycles. The van der Waals surface area contributed by atoms with Crippen LogP contribution < -0.4 is 0 Å². The van der Waals surface area contributed by atoms with E-state index in [4.69, 9.17) is 0 Å². The average molecular weight is 507 g/mol. The van der Waals surface area contributed by atoms with Crippen molar-refractivity contribution in [1.29, 1.82) is 0 Å². The van der Waals surface area contributed by atoms with Crippen molar-refractivity contribution in [3.8, 4) is 22.4 Å². The van der Waals surface area contributed by atoms with Gasteiger partial charge >= 0.3 is 0 Å². The predicted molar refractivity (Wildman–Crippen MR) is 102 cm³/mol. The van der Waals surface area contributed by atoms with E-state index >= 15 is 0 Å². The van der Waals surface area contributed by atoms with Gasteiger partial charge < -0.3 is 4.98 Å². The Morgan fingerprint density at radius 2 is 1.48 bits per heavy atom. The van der Waals surface area contributed by atoms with Crippen molar-refractivity contribution in [2.24, 2.45) is 0 Å². The van der Waals surface area contributed by atoms with E-state index in [1.807, 2.05) is 30.5 Å². The topological polar surface area (TPSA) is 12.9 Å². The van der Waals surface area contributed by atoms with Crippen molar-refractivity contribution < 1.29 is 20.1 Å². The minimum atomic E-state index is 0. The first-order valence-corrected chi connectivity index (χ1v) is 8.63. The number of rotatable bonds is 4. The van der Waals surface area contributed by atoms with Crippen LogP contribution in [-0.2, 0) is 20.1 Å². The van der Waals surface area contributed by atoms with E-state index < -0.39 is 0 Å². The van der Waals surface area contributed by atoms with Crippen molar-refractivity contribution in [2.75, 3.05) is 0 Å². The third-order valence-corrected chi connectivity index (χ3v) is 4.39. The van der Waals surface area contributed by atoms with E-state index in [0.29, 0.717) is 11.8 Å². The second-order valence-electron chi connectivity index (χ2n) is 6.90. The summed E-state index contributed by atoms with van der Waals surface area (Å²) in [6.45, 7) is 9.01. The van der Waals surface area contributed by atoms with E-state index in [0.717, 1.165) is 11.3 Å². The maximum atomic E-state index is 4.44. The van der Waals surface area contributed by atoms with Gasteiger partial charge in [0.25, 0.3) is 0 Å². The molecule has 3 rings (SSSR count). The van der Waals surface area contributed by atoms with Crippen molar-refractivity contribution in [2.45, 2.75) is 39.5 Å². The Balaban J connectivity index is 0.00000225. The molecule has 3 aromatic rings. The minimum Gasteiger partial charge on any atom is -0.305 e. The van der Waals surface area contributed by atoms with Crippen LogP contribution in [-0.4, -0.2) is 4.98 Å². The number of aromatic nitrogens is 1. The molecule has 0 unspecified atom stereocenters. The quantitative estimate of drug-likeness (QED) is 0.370. The molecular weight excluding hydrogens is 482 g/mol. The summed E-state index contributed by atoms with van der Waals surface area (Å²) in [6, 6.07) is 22.6. The van der Waals surface area contributed by atoms with Crippen LogP contribution in [0.25, 0.3) is 22.4 Å². The summed E-state index contributed by atoms with van der Waals surface area (Å²) in [6.07, 6.45) is 1.83. The van der Waals surface area contributed by atoms with Crippen molar-refractivity contribution >= 4 is 0 Å². The summed E-state index contributed by atoms with van der Waals surface area (Å²) in [5, 5.41) is 0. The maximum absolute atomic E-state index is 4.44. The van der Waals surface area contributed by atoms with Crippen molar-refractivity contribution in [3.63, 3.8) is 0 Å². The van der Waals surface area contributed by atoms with Gasteiger partial charge in [-0.1, -0.05) is 58.0 Å². The van der Waals surface area contributed by atoms with Crippen molar-refractivity contribution in [1.82, 2.24) is 4.98 Å². The van der Waals surface area contributed by atoms with Gasteiger partial charge in [-0.15, -0.1) is 35.4 Å². The number of nitrogens with zero attached hydrogens (tertiary/aromatic N) is 1. The predicted octanol–water partition coefficient (Wildman–Crippen LogP) is 6.46. The molecule has 0 aliphatic heterocycles. The van der Waals surface area contributed by atoms with Gasteiger partial charge in [0.1, 0.15) is 0 Å². The fraction of sp³-hybridized carbons (Fsp3) is 0.261. The van der Waals surface area contributed by atoms with Gasteiger partial charge in [-0.3, -0.25) is 0 Å². The van der Waals surface area contributed by atoms with E-state index in [2.05, 4.69) is 69.1 Å². The Kier molecular flexibility index (Phi) is 6.70. The molecule has 25 heavy (non-hydrogen) atoms. The van der Waals surface area contributed by atoms with E-state index in [1.54, 1.807) is 0 Å². The number of pyridine rings is 1. The molecule has 0 bridgehead atoms. The van der Waals surface area contributed by atoms with Gasteiger partial charge in [0, 0.05) is 26.3 Å². The van der Waals surface area contributed by atoms with Crippen LogP contribution in [0.5, 0.6) is 0 Å². The summed E-state index contributed by atoms with van der Waals surface area (Å²) < 4.78 is 0. The fourth-order valence-electron chi connectivity index (χ4n) is 2.83. The van der Waals surface area contributed by atoms with Gasteiger partial charge in [0.05, 0.1) is 0 Å². The molecule has 1 aromatic heterocycles. The fourth-order valence-corrected chi connectivity index (χ4v) is 2.83. The zero-order valence-corrected chi connectivity index (χ0v) is 17.6. The van der Waals surface area contributed by atoms with Crippen LogP contribution >= 0.6 is 0 Å². The molecular formula is C23H24IrN-. The second-order valence-corrected chi connectivity index (χ2v) is 6.90. The van der Waals surface area contributed by atoms with Crippen molar-refractivity contribution in [3.05, 3.63) is 78.0 Å². The average Bonchev–Trinajstić information content (AvgIpc) is 2.62. The standard InChI is InChI=1S/C23H24N.Ir/c1-16(2)20-13-21(17(3)4)15-22(14-20)18-8-7-9-19(12-18)23-10-5-6-11-24-23;/h5-8,10-17H,1-4H3;/q-1;. The van der Waals surface area contributed by atoms with Gasteiger partial charge in [0.15, 0.2) is 0 Å². The van der Waals surface area contributed by atoms with Gasteiger partial charge in [-0.2, -0.15) is 0 Å². The third kappa shape index (κ3) is 4.65. The normalized spacial score (nSPS) is 10.8. The molecule has 0 spiro atoms. The van der Waals surface area contributed by atoms with Crippen LogP contribution in [0.4, 0.5) is 0 Å². The summed E-state index contributed by atoms with van der Waals surface area (Å²) >= 11 is 0. The maximum Gasteiger partial charge on any atom is 0.0160 e. The van der Waals surface area contributed by atoms with Gasteiger partial charge in [-0.25, -0.2) is 0 Å². The SMILES string of the molecule is CC(C)c1cc(-c2cc[c-]c(-c3ccccn3)c2)cc(C(C)C)c1.[Ir]. The molecule has 0 atom stereocenters. The zero-order chi connectivity index (χ0) is 17.1. The molecule has 0 aliphatic rings. The first-order chi connectivity index (χ1) is 11.5. The minimum absolute atomic E-state index is 0. The zero-order valence-electron chi connectivity index (χ0n) is 15.2. The van der Waals surface area contributed by atoms with E-state index in [9.17, 15) is 0 Å². The summed E-state index contributed by atoms with van der Waals surface area (Å²) in [7, 11) is 0. The Morgan fingerprint density at radius 3 is 2.04 bits per heavy atom. The summed E-state index contributed by atoms with van der Waals surface area (Å²) in [5.74, 6) is 1.04. The Labute approximate surface area is 164 Å². The molecule has 0 N–H and O–H groups in total. The summed E-state index contributed by atoms with van der Waals surface area (Å²) in [4.78, 5) is 4.44. The van der Waals surface area contributed by atoms with Crippen LogP contribution in [0.3, 0.4) is 0 Å². The molecule has 2 heteroatoms. The second kappa shape index (κ2) is 8.56. The molecule has 1 radical (unpaired) electrons. The first kappa shape index (κ1) is 19.6. The number of benzene rings is 2. The monoisotopic (exact) mass is 507 g/mol. The molecule has 0 amide bonds. The molecule has 1 nitrogen and oxygen atoms in total. The van der Waals surface area contributed by atoms with Crippen LogP contribution in [0.15, 0.2) is 60.8 Å². The molecule has 131 valence electrons. The van der Waals surface area contributed by atoms with Crippen LogP contribution in [0, 0.1) is 6.07 Å². The molecule has 0 aliphatic carbocycles. The molecule has 2 aromatic carbocycles. The Bertz CT molecular complexity index is 796. The van der Waals surface area contributed by atoms with E-state index in [-0.39, 0.29) is 20.1 Å². The molecule has 0 saturated carbocycles. The van der Waals surface area contributed by atoms with Gasteiger partial charge in [-0.05, 0) is 40.3 Å². The Hall–Kier alpha value is -1.76. The third-order valence-electron chi connectivity index (χ3n) is 4.39.